The third kappa shape index (κ3) is 6.19. The Morgan fingerprint density at radius 3 is 2.59 bits per heavy atom. The van der Waals surface area contributed by atoms with E-state index in [1.54, 1.807) is 35.6 Å². The molecule has 6 heteroatoms. The van der Waals surface area contributed by atoms with Crippen LogP contribution in [0.15, 0.2) is 71.2 Å². The van der Waals surface area contributed by atoms with Crippen molar-refractivity contribution in [1.82, 2.24) is 0 Å². The van der Waals surface area contributed by atoms with Crippen molar-refractivity contribution in [2.75, 3.05) is 13.2 Å². The Morgan fingerprint density at radius 1 is 1.07 bits per heavy atom. The van der Waals surface area contributed by atoms with Gasteiger partial charge in [0, 0.05) is 4.88 Å². The van der Waals surface area contributed by atoms with Gasteiger partial charge in [-0.1, -0.05) is 54.5 Å². The van der Waals surface area contributed by atoms with E-state index in [9.17, 15) is 4.79 Å². The normalized spacial score (nSPS) is 11.3. The van der Waals surface area contributed by atoms with E-state index in [0.29, 0.717) is 24.5 Å². The first-order valence-corrected chi connectivity index (χ1v) is 10.3. The molecule has 0 aliphatic rings. The maximum Gasteiger partial charge on any atom is 0.307 e. The molecule has 1 heterocycles. The molecule has 0 bridgehead atoms. The molecule has 150 valence electrons. The lowest BCUT2D eigenvalue weighted by Crippen LogP contribution is -2.07. The van der Waals surface area contributed by atoms with Gasteiger partial charge in [0.15, 0.2) is 6.61 Å². The lowest BCUT2D eigenvalue weighted by molar-refractivity contribution is -0.136. The summed E-state index contributed by atoms with van der Waals surface area (Å²) in [6.45, 7) is 2.67. The molecule has 0 spiro atoms. The fraction of sp³-hybridized carbons (Fsp3) is 0.217. The van der Waals surface area contributed by atoms with Gasteiger partial charge in [-0.05, 0) is 46.7 Å². The second-order valence-corrected chi connectivity index (χ2v) is 7.29. The highest BCUT2D eigenvalue weighted by molar-refractivity contribution is 7.13. The van der Waals surface area contributed by atoms with Gasteiger partial charge in [-0.3, -0.25) is 4.79 Å². The standard InChI is InChI=1S/C23H23NO4S/c1-2-21(18-8-10-19(11-9-18)22-7-4-14-29-22)24-28-13-12-27-20-6-3-5-17(15-20)16-23(25)26/h3-11,14-15H,2,12-13,16H2,1H3,(H,25,26)/b24-21+. The van der Waals surface area contributed by atoms with Crippen molar-refractivity contribution in [3.63, 3.8) is 0 Å². The molecule has 5 nitrogen and oxygen atoms in total. The first-order chi connectivity index (χ1) is 14.2. The molecule has 1 aromatic heterocycles. The van der Waals surface area contributed by atoms with Gasteiger partial charge in [-0.15, -0.1) is 11.3 Å². The molecule has 0 saturated heterocycles. The topological polar surface area (TPSA) is 68.1 Å². The number of carboxylic acids is 1. The second kappa shape index (κ2) is 10.4. The zero-order valence-electron chi connectivity index (χ0n) is 16.2. The largest absolute Gasteiger partial charge is 0.490 e. The first-order valence-electron chi connectivity index (χ1n) is 9.42. The number of carbonyl (C=O) groups is 1. The van der Waals surface area contributed by atoms with Crippen LogP contribution in [0.2, 0.25) is 0 Å². The molecule has 0 aliphatic heterocycles. The number of thiophene rings is 1. The van der Waals surface area contributed by atoms with Crippen molar-refractivity contribution in [1.29, 1.82) is 0 Å². The van der Waals surface area contributed by atoms with Crippen LogP contribution in [-0.2, 0) is 16.1 Å². The second-order valence-electron chi connectivity index (χ2n) is 6.35. The molecule has 1 N–H and O–H groups in total. The highest BCUT2D eigenvalue weighted by Gasteiger charge is 2.05. The van der Waals surface area contributed by atoms with Crippen molar-refractivity contribution in [2.24, 2.45) is 5.16 Å². The summed E-state index contributed by atoms with van der Waals surface area (Å²) in [7, 11) is 0. The van der Waals surface area contributed by atoms with Crippen LogP contribution in [-0.4, -0.2) is 30.0 Å². The van der Waals surface area contributed by atoms with Gasteiger partial charge in [-0.2, -0.15) is 0 Å². The Hall–Kier alpha value is -3.12. The van der Waals surface area contributed by atoms with E-state index in [4.69, 9.17) is 14.7 Å². The number of aliphatic carboxylic acids is 1. The number of carboxylic acid groups (broad SMARTS) is 1. The van der Waals surface area contributed by atoms with Crippen molar-refractivity contribution < 1.29 is 19.5 Å². The number of nitrogens with zero attached hydrogens (tertiary/aromatic N) is 1. The van der Waals surface area contributed by atoms with Crippen LogP contribution in [0.4, 0.5) is 0 Å². The Kier molecular flexibility index (Phi) is 7.41. The average Bonchev–Trinajstić information content (AvgIpc) is 3.26. The van der Waals surface area contributed by atoms with Crippen molar-refractivity contribution in [3.05, 3.63) is 77.2 Å². The third-order valence-corrected chi connectivity index (χ3v) is 5.15. The van der Waals surface area contributed by atoms with E-state index in [2.05, 4.69) is 40.9 Å². The summed E-state index contributed by atoms with van der Waals surface area (Å²) in [6, 6.07) is 19.5. The van der Waals surface area contributed by atoms with E-state index in [1.165, 1.54) is 10.4 Å². The molecule has 29 heavy (non-hydrogen) atoms. The fourth-order valence-corrected chi connectivity index (χ4v) is 3.56. The van der Waals surface area contributed by atoms with Crippen molar-refractivity contribution in [3.8, 4) is 16.2 Å². The quantitative estimate of drug-likeness (QED) is 0.282. The Labute approximate surface area is 174 Å². The summed E-state index contributed by atoms with van der Waals surface area (Å²) in [4.78, 5) is 17.5. The number of hydrogen-bond donors (Lipinski definition) is 1. The van der Waals surface area contributed by atoms with Crippen molar-refractivity contribution in [2.45, 2.75) is 19.8 Å². The van der Waals surface area contributed by atoms with Crippen LogP contribution in [0.25, 0.3) is 10.4 Å². The van der Waals surface area contributed by atoms with Crippen LogP contribution in [0.1, 0.15) is 24.5 Å². The predicted molar refractivity (Wildman–Crippen MR) is 116 cm³/mol. The van der Waals surface area contributed by atoms with E-state index in [1.807, 2.05) is 13.0 Å². The molecule has 0 aliphatic carbocycles. The summed E-state index contributed by atoms with van der Waals surface area (Å²) in [5.41, 5.74) is 3.81. The van der Waals surface area contributed by atoms with Crippen molar-refractivity contribution >= 4 is 23.0 Å². The molecular formula is C23H23NO4S. The number of rotatable bonds is 10. The summed E-state index contributed by atoms with van der Waals surface area (Å²) < 4.78 is 5.62. The lowest BCUT2D eigenvalue weighted by atomic mass is 10.1. The van der Waals surface area contributed by atoms with Gasteiger partial charge in [0.05, 0.1) is 12.1 Å². The molecule has 2 aromatic carbocycles. The number of oxime groups is 1. The zero-order chi connectivity index (χ0) is 20.5. The first kappa shape index (κ1) is 20.6. The molecule has 3 rings (SSSR count). The number of benzene rings is 2. The fourth-order valence-electron chi connectivity index (χ4n) is 2.83. The van der Waals surface area contributed by atoms with Crippen LogP contribution in [0.5, 0.6) is 5.75 Å². The van der Waals surface area contributed by atoms with Crippen LogP contribution in [0, 0.1) is 0 Å². The molecule has 0 unspecified atom stereocenters. The molecule has 0 atom stereocenters. The highest BCUT2D eigenvalue weighted by Crippen LogP contribution is 2.25. The monoisotopic (exact) mass is 409 g/mol. The van der Waals surface area contributed by atoms with Gasteiger partial charge < -0.3 is 14.7 Å². The molecule has 0 saturated carbocycles. The third-order valence-electron chi connectivity index (χ3n) is 4.23. The van der Waals surface area contributed by atoms with Gasteiger partial charge in [0.1, 0.15) is 12.4 Å². The summed E-state index contributed by atoms with van der Waals surface area (Å²) in [5.74, 6) is -0.244. The minimum Gasteiger partial charge on any atom is -0.490 e. The predicted octanol–water partition coefficient (Wildman–Crippen LogP) is 5.25. The maximum absolute atomic E-state index is 10.8. The van der Waals surface area contributed by atoms with Gasteiger partial charge in [0.2, 0.25) is 0 Å². The van der Waals surface area contributed by atoms with Crippen LogP contribution in [0.3, 0.4) is 0 Å². The molecule has 0 fully saturated rings. The summed E-state index contributed by atoms with van der Waals surface area (Å²) in [5, 5.41) is 15.2. The smallest absolute Gasteiger partial charge is 0.307 e. The van der Waals surface area contributed by atoms with E-state index >= 15 is 0 Å². The van der Waals surface area contributed by atoms with E-state index in [0.717, 1.165) is 17.7 Å². The summed E-state index contributed by atoms with van der Waals surface area (Å²) in [6.07, 6.45) is 0.736. The van der Waals surface area contributed by atoms with Gasteiger partial charge in [0.25, 0.3) is 0 Å². The highest BCUT2D eigenvalue weighted by atomic mass is 32.1. The molecule has 0 radical (unpaired) electrons. The Morgan fingerprint density at radius 2 is 1.90 bits per heavy atom. The van der Waals surface area contributed by atoms with Gasteiger partial charge in [-0.25, -0.2) is 0 Å². The number of hydrogen-bond acceptors (Lipinski definition) is 5. The van der Waals surface area contributed by atoms with E-state index < -0.39 is 5.97 Å². The number of ether oxygens (including phenoxy) is 1. The minimum atomic E-state index is -0.865. The Bertz CT molecular complexity index is 949. The summed E-state index contributed by atoms with van der Waals surface area (Å²) >= 11 is 1.72. The van der Waals surface area contributed by atoms with Crippen LogP contribution >= 0.6 is 11.3 Å². The Balaban J connectivity index is 1.50. The maximum atomic E-state index is 10.8. The van der Waals surface area contributed by atoms with E-state index in [-0.39, 0.29) is 6.42 Å². The lowest BCUT2D eigenvalue weighted by Gasteiger charge is -2.08. The molecule has 0 amide bonds. The minimum absolute atomic E-state index is 0.0247. The van der Waals surface area contributed by atoms with Crippen LogP contribution < -0.4 is 4.74 Å². The molecule has 3 aromatic rings. The zero-order valence-corrected chi connectivity index (χ0v) is 17.0. The molecular weight excluding hydrogens is 386 g/mol. The van der Waals surface area contributed by atoms with Gasteiger partial charge >= 0.3 is 5.97 Å². The SMILES string of the molecule is CC/C(=N\OCCOc1cccc(CC(=O)O)c1)c1ccc(-c2cccs2)cc1. The average molecular weight is 410 g/mol.